The molecule has 6 heteroatoms. The zero-order valence-electron chi connectivity index (χ0n) is 14.9. The molecule has 1 aliphatic heterocycles. The van der Waals surface area contributed by atoms with Crippen molar-refractivity contribution in [3.05, 3.63) is 88.4 Å². The van der Waals surface area contributed by atoms with Gasteiger partial charge in [0.2, 0.25) is 0 Å². The van der Waals surface area contributed by atoms with Crippen LogP contribution in [0.5, 0.6) is 0 Å². The molecule has 138 valence electrons. The molecule has 0 spiro atoms. The summed E-state index contributed by atoms with van der Waals surface area (Å²) in [6, 6.07) is 25.3. The van der Waals surface area contributed by atoms with Gasteiger partial charge in [-0.3, -0.25) is 5.01 Å². The summed E-state index contributed by atoms with van der Waals surface area (Å²) in [6.07, 6.45) is 0.844. The van der Waals surface area contributed by atoms with E-state index in [2.05, 4.69) is 74.5 Å². The van der Waals surface area contributed by atoms with E-state index in [0.717, 1.165) is 38.1 Å². The highest BCUT2D eigenvalue weighted by Crippen LogP contribution is 2.37. The molecule has 2 heterocycles. The fourth-order valence-electron chi connectivity index (χ4n) is 3.57. The highest BCUT2D eigenvalue weighted by molar-refractivity contribution is 9.10. The molecule has 1 aliphatic rings. The average molecular weight is 449 g/mol. The molecule has 4 nitrogen and oxygen atoms in total. The largest absolute Gasteiger partial charge is 0.375 e. The van der Waals surface area contributed by atoms with Crippen molar-refractivity contribution in [2.24, 2.45) is 5.10 Å². The quantitative estimate of drug-likeness (QED) is 0.418. The number of benzene rings is 3. The number of para-hydroxylation sites is 1. The number of hydrogen-bond acceptors (Lipinski definition) is 5. The third-order valence-electron chi connectivity index (χ3n) is 4.92. The summed E-state index contributed by atoms with van der Waals surface area (Å²) in [4.78, 5) is 4.36. The summed E-state index contributed by atoms with van der Waals surface area (Å²) in [6.45, 7) is 0. The molecule has 5 rings (SSSR count). The maximum Gasteiger partial charge on any atom is 0.181 e. The summed E-state index contributed by atoms with van der Waals surface area (Å²) < 4.78 is 2.17. The number of fused-ring (bicyclic) bond motifs is 1. The topological polar surface area (TPSA) is 54.5 Å². The highest BCUT2D eigenvalue weighted by atomic mass is 79.9. The first-order valence-corrected chi connectivity index (χ1v) is 10.6. The van der Waals surface area contributed by atoms with Gasteiger partial charge in [-0.05, 0) is 47.5 Å². The Morgan fingerprint density at radius 1 is 1.00 bits per heavy atom. The summed E-state index contributed by atoms with van der Waals surface area (Å²) >= 11 is 5.04. The van der Waals surface area contributed by atoms with E-state index in [9.17, 15) is 0 Å². The Morgan fingerprint density at radius 3 is 2.57 bits per heavy atom. The van der Waals surface area contributed by atoms with E-state index in [4.69, 9.17) is 10.8 Å². The van der Waals surface area contributed by atoms with Gasteiger partial charge in [0.1, 0.15) is 0 Å². The number of halogens is 1. The maximum absolute atomic E-state index is 5.87. The maximum atomic E-state index is 5.87. The molecule has 0 fully saturated rings. The average Bonchev–Trinajstić information content (AvgIpc) is 3.31. The molecule has 0 aliphatic carbocycles. The lowest BCUT2D eigenvalue weighted by Crippen LogP contribution is -2.18. The van der Waals surface area contributed by atoms with Gasteiger partial charge in [0.25, 0.3) is 0 Å². The second kappa shape index (κ2) is 7.04. The molecule has 3 aromatic carbocycles. The van der Waals surface area contributed by atoms with E-state index in [1.54, 1.807) is 0 Å². The third-order valence-corrected chi connectivity index (χ3v) is 6.30. The van der Waals surface area contributed by atoms with Crippen LogP contribution in [0.25, 0.3) is 10.2 Å². The molecule has 1 atom stereocenters. The van der Waals surface area contributed by atoms with E-state index in [1.165, 1.54) is 16.9 Å². The minimum absolute atomic E-state index is 0.160. The lowest BCUT2D eigenvalue weighted by molar-refractivity contribution is 0.709. The van der Waals surface area contributed by atoms with Gasteiger partial charge in [0, 0.05) is 10.9 Å². The van der Waals surface area contributed by atoms with Crippen LogP contribution in [0, 0.1) is 0 Å². The summed E-state index contributed by atoms with van der Waals surface area (Å²) in [5, 5.41) is 7.74. The van der Waals surface area contributed by atoms with E-state index < -0.39 is 0 Å². The number of nitrogens with zero attached hydrogens (tertiary/aromatic N) is 3. The fraction of sp³-hybridized carbons (Fsp3) is 0.0909. The van der Waals surface area contributed by atoms with Crippen LogP contribution in [0.15, 0.2) is 82.4 Å². The van der Waals surface area contributed by atoms with Crippen LogP contribution in [-0.2, 0) is 0 Å². The van der Waals surface area contributed by atoms with Crippen LogP contribution < -0.4 is 10.7 Å². The Morgan fingerprint density at radius 2 is 1.79 bits per heavy atom. The van der Waals surface area contributed by atoms with Crippen molar-refractivity contribution in [3.8, 4) is 0 Å². The molecule has 28 heavy (non-hydrogen) atoms. The van der Waals surface area contributed by atoms with Gasteiger partial charge in [0.15, 0.2) is 5.13 Å². The number of thiazole rings is 1. The van der Waals surface area contributed by atoms with Gasteiger partial charge in [0.05, 0.1) is 27.7 Å². The lowest BCUT2D eigenvalue weighted by atomic mass is 9.98. The van der Waals surface area contributed by atoms with Crippen molar-refractivity contribution in [1.29, 1.82) is 0 Å². The fourth-order valence-corrected chi connectivity index (χ4v) is 4.61. The van der Waals surface area contributed by atoms with Gasteiger partial charge in [-0.1, -0.05) is 63.7 Å². The Kier molecular flexibility index (Phi) is 4.37. The van der Waals surface area contributed by atoms with Crippen LogP contribution >= 0.6 is 27.3 Å². The Hall–Kier alpha value is -2.70. The van der Waals surface area contributed by atoms with E-state index in [-0.39, 0.29) is 6.04 Å². The van der Waals surface area contributed by atoms with E-state index in [0.29, 0.717) is 5.13 Å². The number of rotatable bonds is 3. The summed E-state index contributed by atoms with van der Waals surface area (Å²) in [5.74, 6) is 0. The van der Waals surface area contributed by atoms with E-state index in [1.807, 2.05) is 24.3 Å². The summed E-state index contributed by atoms with van der Waals surface area (Å²) in [5.41, 5.74) is 11.3. The zero-order chi connectivity index (χ0) is 19.1. The van der Waals surface area contributed by atoms with Crippen LogP contribution in [0.1, 0.15) is 23.6 Å². The van der Waals surface area contributed by atoms with Crippen molar-refractivity contribution in [2.45, 2.75) is 12.5 Å². The smallest absolute Gasteiger partial charge is 0.181 e. The molecule has 0 bridgehead atoms. The monoisotopic (exact) mass is 448 g/mol. The molecular formula is C22H17BrN4S. The highest BCUT2D eigenvalue weighted by Gasteiger charge is 2.30. The van der Waals surface area contributed by atoms with Crippen LogP contribution in [0.3, 0.4) is 0 Å². The first-order chi connectivity index (χ1) is 13.7. The van der Waals surface area contributed by atoms with Crippen molar-refractivity contribution in [2.75, 3.05) is 10.7 Å². The van der Waals surface area contributed by atoms with Crippen molar-refractivity contribution >= 4 is 54.0 Å². The number of hydrazone groups is 1. The molecule has 0 radical (unpaired) electrons. The van der Waals surface area contributed by atoms with Gasteiger partial charge < -0.3 is 5.73 Å². The Balaban J connectivity index is 1.57. The predicted octanol–water partition coefficient (Wildman–Crippen LogP) is 6.00. The van der Waals surface area contributed by atoms with Gasteiger partial charge >= 0.3 is 0 Å². The first-order valence-electron chi connectivity index (χ1n) is 9.01. The van der Waals surface area contributed by atoms with Crippen molar-refractivity contribution in [1.82, 2.24) is 4.98 Å². The first kappa shape index (κ1) is 17.4. The number of nitrogen functional groups attached to an aromatic ring is 1. The lowest BCUT2D eigenvalue weighted by Gasteiger charge is -2.24. The predicted molar refractivity (Wildman–Crippen MR) is 121 cm³/mol. The molecular weight excluding hydrogens is 432 g/mol. The van der Waals surface area contributed by atoms with Crippen LogP contribution in [0.4, 0.5) is 10.8 Å². The van der Waals surface area contributed by atoms with Gasteiger partial charge in [-0.15, -0.1) is 0 Å². The SMILES string of the molecule is Nc1nc2ccc(C3=NN(c4ccccc4)C(c4ccc(Br)cc4)C3)cc2s1. The molecule has 0 amide bonds. The minimum atomic E-state index is 0.160. The zero-order valence-corrected chi connectivity index (χ0v) is 17.3. The van der Waals surface area contributed by atoms with Gasteiger partial charge in [-0.25, -0.2) is 4.98 Å². The normalized spacial score (nSPS) is 16.5. The Bertz CT molecular complexity index is 1170. The number of hydrogen-bond donors (Lipinski definition) is 1. The number of anilines is 2. The van der Waals surface area contributed by atoms with Gasteiger partial charge in [-0.2, -0.15) is 5.10 Å². The standard InChI is InChI=1S/C22H17BrN4S/c23-16-9-6-14(7-10-16)20-13-19(26-27(20)17-4-2-1-3-5-17)15-8-11-18-21(12-15)28-22(24)25-18/h1-12,20H,13H2,(H2,24,25). The molecule has 2 N–H and O–H groups in total. The minimum Gasteiger partial charge on any atom is -0.375 e. The molecule has 4 aromatic rings. The molecule has 0 saturated heterocycles. The Labute approximate surface area is 175 Å². The second-order valence-corrected chi connectivity index (χ2v) is 8.71. The van der Waals surface area contributed by atoms with Crippen molar-refractivity contribution in [3.63, 3.8) is 0 Å². The number of aromatic nitrogens is 1. The molecule has 0 saturated carbocycles. The van der Waals surface area contributed by atoms with Crippen molar-refractivity contribution < 1.29 is 0 Å². The van der Waals surface area contributed by atoms with E-state index >= 15 is 0 Å². The second-order valence-electron chi connectivity index (χ2n) is 6.73. The third kappa shape index (κ3) is 3.19. The van der Waals surface area contributed by atoms with Crippen LogP contribution in [0.2, 0.25) is 0 Å². The molecule has 1 aromatic heterocycles. The number of nitrogens with two attached hydrogens (primary N) is 1. The summed E-state index contributed by atoms with van der Waals surface area (Å²) in [7, 11) is 0. The van der Waals surface area contributed by atoms with Crippen LogP contribution in [-0.4, -0.2) is 10.7 Å². The molecule has 1 unspecified atom stereocenters.